The second-order valence-corrected chi connectivity index (χ2v) is 5.56. The average Bonchev–Trinajstić information content (AvgIpc) is 2.24. The molecular weight excluding hydrogens is 196 g/mol. The first-order chi connectivity index (χ1) is 7.58. The summed E-state index contributed by atoms with van der Waals surface area (Å²) >= 11 is 0. The van der Waals surface area contributed by atoms with E-state index in [1.165, 1.54) is 5.56 Å². The van der Waals surface area contributed by atoms with Gasteiger partial charge in [-0.3, -0.25) is 0 Å². The molecular formula is C14H22N2. The molecule has 0 bridgehead atoms. The first kappa shape index (κ1) is 11.6. The van der Waals surface area contributed by atoms with Gasteiger partial charge in [0.15, 0.2) is 0 Å². The topological polar surface area (TPSA) is 38.0 Å². The third kappa shape index (κ3) is 2.63. The highest BCUT2D eigenvalue weighted by Gasteiger charge is 2.28. The fraction of sp³-hybridized carbons (Fsp3) is 0.571. The minimum Gasteiger partial charge on any atom is -0.328 e. The van der Waals surface area contributed by atoms with E-state index >= 15 is 0 Å². The van der Waals surface area contributed by atoms with Crippen molar-refractivity contribution in [1.29, 1.82) is 0 Å². The Kier molecular flexibility index (Phi) is 3.31. The van der Waals surface area contributed by atoms with E-state index in [9.17, 15) is 0 Å². The van der Waals surface area contributed by atoms with E-state index in [0.717, 1.165) is 19.4 Å². The summed E-state index contributed by atoms with van der Waals surface area (Å²) in [6.07, 6.45) is 2.26. The van der Waals surface area contributed by atoms with Crippen LogP contribution in [0.15, 0.2) is 30.3 Å². The molecule has 1 fully saturated rings. The molecule has 1 aromatic rings. The molecule has 0 atom stereocenters. The third-order valence-electron chi connectivity index (χ3n) is 3.56. The molecule has 1 aliphatic rings. The SMILES string of the molecule is CC(C)(CNC1CC(N)C1)c1ccccc1. The zero-order valence-corrected chi connectivity index (χ0v) is 10.2. The highest BCUT2D eigenvalue weighted by molar-refractivity contribution is 5.23. The minimum atomic E-state index is 0.195. The normalized spacial score (nSPS) is 25.2. The van der Waals surface area contributed by atoms with Crippen LogP contribution in [0.25, 0.3) is 0 Å². The molecule has 1 aromatic carbocycles. The zero-order valence-electron chi connectivity index (χ0n) is 10.2. The van der Waals surface area contributed by atoms with Gasteiger partial charge >= 0.3 is 0 Å². The molecule has 0 spiro atoms. The van der Waals surface area contributed by atoms with Crippen LogP contribution in [0, 0.1) is 0 Å². The molecule has 3 N–H and O–H groups in total. The van der Waals surface area contributed by atoms with Gasteiger partial charge in [-0.25, -0.2) is 0 Å². The Labute approximate surface area is 98.2 Å². The zero-order chi connectivity index (χ0) is 11.6. The lowest BCUT2D eigenvalue weighted by atomic mass is 9.82. The molecule has 2 nitrogen and oxygen atoms in total. The van der Waals surface area contributed by atoms with Gasteiger partial charge in [0, 0.05) is 24.0 Å². The van der Waals surface area contributed by atoms with Crippen molar-refractivity contribution in [3.8, 4) is 0 Å². The molecule has 2 heteroatoms. The van der Waals surface area contributed by atoms with Crippen LogP contribution in [-0.4, -0.2) is 18.6 Å². The lowest BCUT2D eigenvalue weighted by Gasteiger charge is -2.36. The van der Waals surface area contributed by atoms with Crippen molar-refractivity contribution < 1.29 is 0 Å². The van der Waals surface area contributed by atoms with Crippen LogP contribution in [0.2, 0.25) is 0 Å². The van der Waals surface area contributed by atoms with Gasteiger partial charge < -0.3 is 11.1 Å². The fourth-order valence-corrected chi connectivity index (χ4v) is 2.22. The van der Waals surface area contributed by atoms with Crippen molar-refractivity contribution in [2.45, 2.75) is 44.2 Å². The fourth-order valence-electron chi connectivity index (χ4n) is 2.22. The van der Waals surface area contributed by atoms with E-state index in [-0.39, 0.29) is 5.41 Å². The maximum Gasteiger partial charge on any atom is 0.00968 e. The van der Waals surface area contributed by atoms with Crippen LogP contribution < -0.4 is 11.1 Å². The molecule has 16 heavy (non-hydrogen) atoms. The van der Waals surface area contributed by atoms with Crippen molar-refractivity contribution in [1.82, 2.24) is 5.32 Å². The van der Waals surface area contributed by atoms with Crippen molar-refractivity contribution in [3.63, 3.8) is 0 Å². The van der Waals surface area contributed by atoms with Gasteiger partial charge in [0.2, 0.25) is 0 Å². The molecule has 88 valence electrons. The molecule has 0 saturated heterocycles. The molecule has 0 heterocycles. The maximum absolute atomic E-state index is 5.78. The lowest BCUT2D eigenvalue weighted by Crippen LogP contribution is -2.51. The molecule has 0 aliphatic heterocycles. The summed E-state index contributed by atoms with van der Waals surface area (Å²) < 4.78 is 0. The predicted octanol–water partition coefficient (Wildman–Crippen LogP) is 2.04. The number of hydrogen-bond donors (Lipinski definition) is 2. The Bertz CT molecular complexity index is 326. The van der Waals surface area contributed by atoms with Gasteiger partial charge in [-0.15, -0.1) is 0 Å². The summed E-state index contributed by atoms with van der Waals surface area (Å²) in [5, 5.41) is 3.61. The molecule has 0 aromatic heterocycles. The van der Waals surface area contributed by atoms with Gasteiger partial charge in [0.05, 0.1) is 0 Å². The van der Waals surface area contributed by atoms with E-state index < -0.39 is 0 Å². The van der Waals surface area contributed by atoms with E-state index in [0.29, 0.717) is 12.1 Å². The summed E-state index contributed by atoms with van der Waals surface area (Å²) in [4.78, 5) is 0. The van der Waals surface area contributed by atoms with E-state index in [4.69, 9.17) is 5.73 Å². The number of nitrogens with one attached hydrogen (secondary N) is 1. The molecule has 0 amide bonds. The number of benzene rings is 1. The Morgan fingerprint density at radius 2 is 1.88 bits per heavy atom. The van der Waals surface area contributed by atoms with E-state index in [1.807, 2.05) is 0 Å². The van der Waals surface area contributed by atoms with Crippen molar-refractivity contribution in [2.24, 2.45) is 5.73 Å². The van der Waals surface area contributed by atoms with Crippen LogP contribution in [0.5, 0.6) is 0 Å². The summed E-state index contributed by atoms with van der Waals surface area (Å²) in [5.74, 6) is 0. The summed E-state index contributed by atoms with van der Waals surface area (Å²) in [5.41, 5.74) is 7.37. The Morgan fingerprint density at radius 1 is 1.25 bits per heavy atom. The quantitative estimate of drug-likeness (QED) is 0.811. The van der Waals surface area contributed by atoms with Crippen molar-refractivity contribution in [2.75, 3.05) is 6.54 Å². The second-order valence-electron chi connectivity index (χ2n) is 5.56. The monoisotopic (exact) mass is 218 g/mol. The van der Waals surface area contributed by atoms with Crippen LogP contribution in [-0.2, 0) is 5.41 Å². The maximum atomic E-state index is 5.78. The van der Waals surface area contributed by atoms with Gasteiger partial charge in [-0.2, -0.15) is 0 Å². The van der Waals surface area contributed by atoms with Crippen LogP contribution in [0.1, 0.15) is 32.3 Å². The molecule has 1 aliphatic carbocycles. The summed E-state index contributed by atoms with van der Waals surface area (Å²) in [6, 6.07) is 11.8. The van der Waals surface area contributed by atoms with E-state index in [1.54, 1.807) is 0 Å². The van der Waals surface area contributed by atoms with Gasteiger partial charge in [0.25, 0.3) is 0 Å². The van der Waals surface area contributed by atoms with Crippen LogP contribution in [0.3, 0.4) is 0 Å². The van der Waals surface area contributed by atoms with Crippen LogP contribution in [0.4, 0.5) is 0 Å². The second kappa shape index (κ2) is 4.56. The predicted molar refractivity (Wildman–Crippen MR) is 68.5 cm³/mol. The first-order valence-electron chi connectivity index (χ1n) is 6.12. The molecule has 1 saturated carbocycles. The molecule has 0 radical (unpaired) electrons. The van der Waals surface area contributed by atoms with Crippen molar-refractivity contribution in [3.05, 3.63) is 35.9 Å². The summed E-state index contributed by atoms with van der Waals surface area (Å²) in [7, 11) is 0. The van der Waals surface area contributed by atoms with Gasteiger partial charge in [-0.05, 0) is 18.4 Å². The van der Waals surface area contributed by atoms with Gasteiger partial charge in [-0.1, -0.05) is 44.2 Å². The highest BCUT2D eigenvalue weighted by atomic mass is 15.0. The highest BCUT2D eigenvalue weighted by Crippen LogP contribution is 2.24. The Hall–Kier alpha value is -0.860. The standard InChI is InChI=1S/C14H22N2/c1-14(2,11-6-4-3-5-7-11)10-16-13-8-12(15)9-13/h3-7,12-13,16H,8-10,15H2,1-2H3. The summed E-state index contributed by atoms with van der Waals surface area (Å²) in [6.45, 7) is 5.59. The van der Waals surface area contributed by atoms with E-state index in [2.05, 4.69) is 49.5 Å². The Morgan fingerprint density at radius 3 is 2.44 bits per heavy atom. The Balaban J connectivity index is 1.88. The largest absolute Gasteiger partial charge is 0.328 e. The average molecular weight is 218 g/mol. The number of nitrogens with two attached hydrogens (primary N) is 1. The third-order valence-corrected chi connectivity index (χ3v) is 3.56. The van der Waals surface area contributed by atoms with Gasteiger partial charge in [0.1, 0.15) is 0 Å². The first-order valence-corrected chi connectivity index (χ1v) is 6.12. The molecule has 0 unspecified atom stereocenters. The number of rotatable bonds is 4. The smallest absolute Gasteiger partial charge is 0.00968 e. The van der Waals surface area contributed by atoms with Crippen LogP contribution >= 0.6 is 0 Å². The molecule has 2 rings (SSSR count). The number of hydrogen-bond acceptors (Lipinski definition) is 2. The minimum absolute atomic E-state index is 0.195. The lowest BCUT2D eigenvalue weighted by molar-refractivity contribution is 0.274. The van der Waals surface area contributed by atoms with Crippen molar-refractivity contribution >= 4 is 0 Å².